The number of thiazole rings is 1. The average molecular weight is 463 g/mol. The van der Waals surface area contributed by atoms with Crippen LogP contribution in [-0.4, -0.2) is 30.3 Å². The zero-order chi connectivity index (χ0) is 22.4. The highest BCUT2D eigenvalue weighted by Gasteiger charge is 2.18. The van der Waals surface area contributed by atoms with E-state index < -0.39 is 0 Å². The summed E-state index contributed by atoms with van der Waals surface area (Å²) in [7, 11) is 0. The SMILES string of the molecule is CCCn1c(=NC(=O)c2cc(OCC)c(OCC)c(OCC)c2)sc2cc(Cl)ccc21. The van der Waals surface area contributed by atoms with E-state index in [9.17, 15) is 4.79 Å². The van der Waals surface area contributed by atoms with Gasteiger partial charge in [-0.15, -0.1) is 0 Å². The molecule has 3 rings (SSSR count). The summed E-state index contributed by atoms with van der Waals surface area (Å²) in [5.74, 6) is 1.07. The summed E-state index contributed by atoms with van der Waals surface area (Å²) in [6.45, 7) is 9.83. The number of fused-ring (bicyclic) bond motifs is 1. The summed E-state index contributed by atoms with van der Waals surface area (Å²) < 4.78 is 20.2. The van der Waals surface area contributed by atoms with Crippen molar-refractivity contribution < 1.29 is 19.0 Å². The molecule has 2 aromatic carbocycles. The van der Waals surface area contributed by atoms with Crippen LogP contribution in [0.5, 0.6) is 17.2 Å². The first-order valence-electron chi connectivity index (χ1n) is 10.5. The number of ether oxygens (including phenoxy) is 3. The van der Waals surface area contributed by atoms with Gasteiger partial charge in [0.1, 0.15) is 0 Å². The molecule has 0 bridgehead atoms. The van der Waals surface area contributed by atoms with Gasteiger partial charge in [0.15, 0.2) is 16.3 Å². The maximum Gasteiger partial charge on any atom is 0.279 e. The van der Waals surface area contributed by atoms with Crippen LogP contribution in [0, 0.1) is 0 Å². The minimum Gasteiger partial charge on any atom is -0.490 e. The highest BCUT2D eigenvalue weighted by atomic mass is 35.5. The molecule has 0 atom stereocenters. The molecule has 0 aliphatic carbocycles. The number of aromatic nitrogens is 1. The largest absolute Gasteiger partial charge is 0.490 e. The topological polar surface area (TPSA) is 62.1 Å². The molecule has 1 amide bonds. The standard InChI is InChI=1S/C23H27ClN2O4S/c1-5-11-26-17-10-9-16(24)14-20(17)31-23(26)25-22(27)15-12-18(28-6-2)21(30-8-4)19(13-15)29-7-3/h9-10,12-14H,5-8,11H2,1-4H3. The number of carbonyl (C=O) groups excluding carboxylic acids is 1. The van der Waals surface area contributed by atoms with Crippen molar-refractivity contribution in [3.8, 4) is 17.2 Å². The van der Waals surface area contributed by atoms with E-state index in [1.54, 1.807) is 12.1 Å². The number of rotatable bonds is 9. The Hall–Kier alpha value is -2.51. The van der Waals surface area contributed by atoms with Crippen LogP contribution in [-0.2, 0) is 6.54 Å². The number of nitrogens with zero attached hydrogens (tertiary/aromatic N) is 2. The van der Waals surface area contributed by atoms with E-state index in [1.165, 1.54) is 11.3 Å². The molecule has 0 radical (unpaired) electrons. The van der Waals surface area contributed by atoms with Gasteiger partial charge in [0, 0.05) is 17.1 Å². The Bertz CT molecular complexity index is 1110. The molecule has 6 nitrogen and oxygen atoms in total. The third-order valence-corrected chi connectivity index (χ3v) is 5.72. The number of halogens is 1. The van der Waals surface area contributed by atoms with E-state index in [1.807, 2.05) is 39.0 Å². The van der Waals surface area contributed by atoms with Gasteiger partial charge in [0.25, 0.3) is 5.91 Å². The van der Waals surface area contributed by atoms with Crippen molar-refractivity contribution >= 4 is 39.1 Å². The second-order valence-electron chi connectivity index (χ2n) is 6.67. The fourth-order valence-electron chi connectivity index (χ4n) is 3.24. The molecular formula is C23H27ClN2O4S. The molecule has 166 valence electrons. The molecule has 0 saturated carbocycles. The van der Waals surface area contributed by atoms with Crippen molar-refractivity contribution in [2.45, 2.75) is 40.7 Å². The van der Waals surface area contributed by atoms with E-state index in [0.717, 1.165) is 23.2 Å². The Morgan fingerprint density at radius 3 is 2.23 bits per heavy atom. The molecule has 0 fully saturated rings. The minimum atomic E-state index is -0.368. The van der Waals surface area contributed by atoms with Gasteiger partial charge in [0.2, 0.25) is 5.75 Å². The maximum atomic E-state index is 13.1. The van der Waals surface area contributed by atoms with Crippen molar-refractivity contribution in [2.75, 3.05) is 19.8 Å². The van der Waals surface area contributed by atoms with Gasteiger partial charge in [-0.05, 0) is 57.5 Å². The zero-order valence-corrected chi connectivity index (χ0v) is 19.8. The lowest BCUT2D eigenvalue weighted by atomic mass is 10.1. The lowest BCUT2D eigenvalue weighted by Crippen LogP contribution is -2.17. The Morgan fingerprint density at radius 1 is 1.00 bits per heavy atom. The number of aryl methyl sites for hydroxylation is 1. The van der Waals surface area contributed by atoms with Gasteiger partial charge in [-0.3, -0.25) is 4.79 Å². The lowest BCUT2D eigenvalue weighted by molar-refractivity contribution is 0.0996. The average Bonchev–Trinajstić information content (AvgIpc) is 3.06. The molecule has 0 aliphatic heterocycles. The predicted molar refractivity (Wildman–Crippen MR) is 125 cm³/mol. The molecule has 0 N–H and O–H groups in total. The summed E-state index contributed by atoms with van der Waals surface area (Å²) in [6.07, 6.45) is 0.919. The molecule has 0 aliphatic rings. The predicted octanol–water partition coefficient (Wildman–Crippen LogP) is 5.70. The second-order valence-corrected chi connectivity index (χ2v) is 8.11. The number of benzene rings is 2. The third kappa shape index (κ3) is 5.22. The smallest absolute Gasteiger partial charge is 0.279 e. The molecule has 0 saturated heterocycles. The molecule has 0 unspecified atom stereocenters. The first-order chi connectivity index (χ1) is 15.0. The Labute approximate surface area is 191 Å². The van der Waals surface area contributed by atoms with Crippen molar-refractivity contribution in [3.63, 3.8) is 0 Å². The summed E-state index contributed by atoms with van der Waals surface area (Å²) in [5.41, 5.74) is 1.40. The van der Waals surface area contributed by atoms with E-state index >= 15 is 0 Å². The second kappa shape index (κ2) is 10.7. The van der Waals surface area contributed by atoms with Gasteiger partial charge in [0.05, 0.1) is 30.0 Å². The van der Waals surface area contributed by atoms with E-state index in [4.69, 9.17) is 25.8 Å². The molecule has 1 aromatic heterocycles. The molecular weight excluding hydrogens is 436 g/mol. The van der Waals surface area contributed by atoms with Crippen LogP contribution in [0.4, 0.5) is 0 Å². The Morgan fingerprint density at radius 2 is 1.65 bits per heavy atom. The molecule has 0 spiro atoms. The van der Waals surface area contributed by atoms with Crippen LogP contribution in [0.1, 0.15) is 44.5 Å². The lowest BCUT2D eigenvalue weighted by Gasteiger charge is -2.16. The third-order valence-electron chi connectivity index (χ3n) is 4.45. The van der Waals surface area contributed by atoms with Crippen molar-refractivity contribution in [2.24, 2.45) is 4.99 Å². The first kappa shape index (κ1) is 23.2. The van der Waals surface area contributed by atoms with Crippen LogP contribution < -0.4 is 19.0 Å². The summed E-state index contributed by atoms with van der Waals surface area (Å²) in [5, 5.41) is 0.657. The van der Waals surface area contributed by atoms with Crippen LogP contribution in [0.15, 0.2) is 35.3 Å². The Balaban J connectivity index is 2.12. The van der Waals surface area contributed by atoms with Crippen LogP contribution in [0.3, 0.4) is 0 Å². The molecule has 3 aromatic rings. The highest BCUT2D eigenvalue weighted by molar-refractivity contribution is 7.16. The van der Waals surface area contributed by atoms with Crippen molar-refractivity contribution in [3.05, 3.63) is 45.7 Å². The number of hydrogen-bond acceptors (Lipinski definition) is 5. The first-order valence-corrected chi connectivity index (χ1v) is 11.7. The van der Waals surface area contributed by atoms with Gasteiger partial charge < -0.3 is 18.8 Å². The molecule has 1 heterocycles. The quantitative estimate of drug-likeness (QED) is 0.409. The number of carbonyl (C=O) groups is 1. The molecule has 8 heteroatoms. The highest BCUT2D eigenvalue weighted by Crippen LogP contribution is 2.39. The van der Waals surface area contributed by atoms with Gasteiger partial charge >= 0.3 is 0 Å². The summed E-state index contributed by atoms with van der Waals surface area (Å²) >= 11 is 7.60. The van der Waals surface area contributed by atoms with E-state index in [-0.39, 0.29) is 5.91 Å². The zero-order valence-electron chi connectivity index (χ0n) is 18.2. The fraction of sp³-hybridized carbons (Fsp3) is 0.391. The Kier molecular flexibility index (Phi) is 7.98. The van der Waals surface area contributed by atoms with Crippen LogP contribution in [0.25, 0.3) is 10.2 Å². The van der Waals surface area contributed by atoms with Crippen LogP contribution >= 0.6 is 22.9 Å². The van der Waals surface area contributed by atoms with Gasteiger partial charge in [-0.1, -0.05) is 29.9 Å². The summed E-state index contributed by atoms with van der Waals surface area (Å²) in [4.78, 5) is 18.2. The number of amides is 1. The number of hydrogen-bond donors (Lipinski definition) is 0. The fourth-order valence-corrected chi connectivity index (χ4v) is 4.57. The van der Waals surface area contributed by atoms with E-state index in [0.29, 0.717) is 52.5 Å². The van der Waals surface area contributed by atoms with E-state index in [2.05, 4.69) is 16.5 Å². The monoisotopic (exact) mass is 462 g/mol. The van der Waals surface area contributed by atoms with Gasteiger partial charge in [-0.2, -0.15) is 4.99 Å². The van der Waals surface area contributed by atoms with Crippen molar-refractivity contribution in [1.82, 2.24) is 4.57 Å². The van der Waals surface area contributed by atoms with Crippen LogP contribution in [0.2, 0.25) is 5.02 Å². The maximum absolute atomic E-state index is 13.1. The molecule has 31 heavy (non-hydrogen) atoms. The van der Waals surface area contributed by atoms with Crippen molar-refractivity contribution in [1.29, 1.82) is 0 Å². The summed E-state index contributed by atoms with van der Waals surface area (Å²) in [6, 6.07) is 9.04. The minimum absolute atomic E-state index is 0.368. The normalized spacial score (nSPS) is 11.7. The van der Waals surface area contributed by atoms with Gasteiger partial charge in [-0.25, -0.2) is 0 Å².